The van der Waals surface area contributed by atoms with Crippen molar-refractivity contribution in [2.75, 3.05) is 40.0 Å². The summed E-state index contributed by atoms with van der Waals surface area (Å²) in [4.78, 5) is 29.9. The molecule has 3 rings (SSSR count). The van der Waals surface area contributed by atoms with Gasteiger partial charge in [-0.25, -0.2) is 0 Å². The Hall–Kier alpha value is -2.86. The van der Waals surface area contributed by atoms with Crippen LogP contribution >= 0.6 is 0 Å². The lowest BCUT2D eigenvalue weighted by Gasteiger charge is -2.32. The fourth-order valence-electron chi connectivity index (χ4n) is 4.15. The van der Waals surface area contributed by atoms with E-state index in [1.165, 1.54) is 0 Å². The highest BCUT2D eigenvalue weighted by Gasteiger charge is 2.26. The molecule has 0 saturated carbocycles. The van der Waals surface area contributed by atoms with Crippen molar-refractivity contribution in [3.63, 3.8) is 0 Å². The molecule has 0 fully saturated rings. The number of carbonyl (C=O) groups excluding carboxylic acids is 2. The summed E-state index contributed by atoms with van der Waals surface area (Å²) in [7, 11) is 1.54. The van der Waals surface area contributed by atoms with Gasteiger partial charge in [0.05, 0.1) is 11.6 Å². The Labute approximate surface area is 191 Å². The summed E-state index contributed by atoms with van der Waals surface area (Å²) >= 11 is 0. The summed E-state index contributed by atoms with van der Waals surface area (Å²) in [5.74, 6) is 0.521. The first-order chi connectivity index (χ1) is 15.6. The molecular formula is C26H34N2O4. The molecule has 1 aliphatic heterocycles. The van der Waals surface area contributed by atoms with E-state index in [0.29, 0.717) is 44.0 Å². The number of carbonyl (C=O) groups is 2. The van der Waals surface area contributed by atoms with Crippen molar-refractivity contribution in [2.45, 2.75) is 38.6 Å². The van der Waals surface area contributed by atoms with E-state index in [0.717, 1.165) is 24.8 Å². The van der Waals surface area contributed by atoms with Gasteiger partial charge in [0.1, 0.15) is 19.0 Å². The monoisotopic (exact) mass is 438 g/mol. The number of benzene rings is 2. The number of rotatable bonds is 5. The second kappa shape index (κ2) is 12.2. The molecule has 2 aromatic carbocycles. The third-order valence-corrected chi connectivity index (χ3v) is 5.89. The second-order valence-electron chi connectivity index (χ2n) is 8.12. The summed E-state index contributed by atoms with van der Waals surface area (Å²) in [6.45, 7) is 4.35. The Morgan fingerprint density at radius 1 is 1.03 bits per heavy atom. The molecule has 1 aliphatic rings. The molecule has 0 unspecified atom stereocenters. The molecule has 0 radical (unpaired) electrons. The number of nitrogens with zero attached hydrogens (tertiary/aromatic N) is 2. The predicted octanol–water partition coefficient (Wildman–Crippen LogP) is 3.80. The second-order valence-corrected chi connectivity index (χ2v) is 8.12. The minimum absolute atomic E-state index is 0.00530. The van der Waals surface area contributed by atoms with Crippen LogP contribution in [0.2, 0.25) is 0 Å². The molecule has 0 spiro atoms. The number of para-hydroxylation sites is 1. The molecule has 0 bridgehead atoms. The fourth-order valence-corrected chi connectivity index (χ4v) is 4.15. The maximum atomic E-state index is 13.2. The van der Waals surface area contributed by atoms with Crippen LogP contribution in [-0.4, -0.2) is 67.6 Å². The van der Waals surface area contributed by atoms with Crippen LogP contribution < -0.4 is 4.74 Å². The number of hydrogen-bond acceptors (Lipinski definition) is 4. The van der Waals surface area contributed by atoms with Crippen LogP contribution in [-0.2, 0) is 16.0 Å². The fraction of sp³-hybridized carbons (Fsp3) is 0.462. The molecule has 1 heterocycles. The van der Waals surface area contributed by atoms with Crippen LogP contribution in [0.4, 0.5) is 0 Å². The first kappa shape index (κ1) is 23.8. The van der Waals surface area contributed by atoms with Crippen LogP contribution in [0.25, 0.3) is 0 Å². The Balaban J connectivity index is 1.92. The highest BCUT2D eigenvalue weighted by atomic mass is 16.5. The van der Waals surface area contributed by atoms with Gasteiger partial charge in [-0.2, -0.15) is 0 Å². The van der Waals surface area contributed by atoms with E-state index in [1.54, 1.807) is 7.11 Å². The van der Waals surface area contributed by atoms with E-state index < -0.39 is 0 Å². The molecule has 0 aliphatic carbocycles. The lowest BCUT2D eigenvalue weighted by Crippen LogP contribution is -2.47. The van der Waals surface area contributed by atoms with E-state index in [4.69, 9.17) is 9.47 Å². The molecule has 6 nitrogen and oxygen atoms in total. The van der Waals surface area contributed by atoms with Gasteiger partial charge >= 0.3 is 0 Å². The van der Waals surface area contributed by atoms with Gasteiger partial charge in [0, 0.05) is 26.7 Å². The van der Waals surface area contributed by atoms with Crippen LogP contribution in [0.1, 0.15) is 42.1 Å². The van der Waals surface area contributed by atoms with Crippen LogP contribution in [0.3, 0.4) is 0 Å². The van der Waals surface area contributed by atoms with Crippen molar-refractivity contribution in [1.82, 2.24) is 9.80 Å². The number of amides is 2. The van der Waals surface area contributed by atoms with Gasteiger partial charge in [0.25, 0.3) is 5.91 Å². The van der Waals surface area contributed by atoms with Crippen LogP contribution in [0, 0.1) is 0 Å². The third kappa shape index (κ3) is 6.33. The summed E-state index contributed by atoms with van der Waals surface area (Å²) in [6.07, 6.45) is 3.40. The van der Waals surface area contributed by atoms with E-state index in [9.17, 15) is 9.59 Å². The largest absolute Gasteiger partial charge is 0.491 e. The zero-order valence-electron chi connectivity index (χ0n) is 19.2. The summed E-state index contributed by atoms with van der Waals surface area (Å²) in [5.41, 5.74) is 1.71. The lowest BCUT2D eigenvalue weighted by molar-refractivity contribution is -0.138. The lowest BCUT2D eigenvalue weighted by atomic mass is 10.0. The van der Waals surface area contributed by atoms with Crippen molar-refractivity contribution in [3.8, 4) is 5.75 Å². The average molecular weight is 439 g/mol. The SMILES string of the molecule is CCN1CCCCCN(C(=O)COC)[C@@H](Cc2ccccc2)COc2ccccc2C1=O. The zero-order valence-corrected chi connectivity index (χ0v) is 19.2. The van der Waals surface area contributed by atoms with Crippen LogP contribution in [0.5, 0.6) is 5.75 Å². The number of methoxy groups -OCH3 is 1. The van der Waals surface area contributed by atoms with Crippen molar-refractivity contribution >= 4 is 11.8 Å². The smallest absolute Gasteiger partial charge is 0.257 e. The Morgan fingerprint density at radius 3 is 2.50 bits per heavy atom. The van der Waals surface area contributed by atoms with Gasteiger partial charge in [-0.3, -0.25) is 9.59 Å². The normalized spacial score (nSPS) is 18.1. The summed E-state index contributed by atoms with van der Waals surface area (Å²) in [6, 6.07) is 17.4. The maximum absolute atomic E-state index is 13.2. The summed E-state index contributed by atoms with van der Waals surface area (Å²) in [5, 5.41) is 0. The van der Waals surface area contributed by atoms with Gasteiger partial charge in [0.15, 0.2) is 0 Å². The van der Waals surface area contributed by atoms with Gasteiger partial charge in [-0.05, 0) is 50.3 Å². The van der Waals surface area contributed by atoms with Gasteiger partial charge in [0.2, 0.25) is 5.91 Å². The number of fused-ring (bicyclic) bond motifs is 1. The quantitative estimate of drug-likeness (QED) is 0.713. The average Bonchev–Trinajstić information content (AvgIpc) is 2.83. The minimum atomic E-state index is -0.161. The molecule has 6 heteroatoms. The Morgan fingerprint density at radius 2 is 1.75 bits per heavy atom. The third-order valence-electron chi connectivity index (χ3n) is 5.89. The van der Waals surface area contributed by atoms with Crippen molar-refractivity contribution in [3.05, 3.63) is 65.7 Å². The molecule has 172 valence electrons. The zero-order chi connectivity index (χ0) is 22.8. The molecule has 2 aromatic rings. The molecule has 2 amide bonds. The Bertz CT molecular complexity index is 871. The first-order valence-electron chi connectivity index (χ1n) is 11.5. The number of ether oxygens (including phenoxy) is 2. The van der Waals surface area contributed by atoms with Gasteiger partial charge in [-0.1, -0.05) is 42.5 Å². The van der Waals surface area contributed by atoms with E-state index in [-0.39, 0.29) is 24.5 Å². The maximum Gasteiger partial charge on any atom is 0.257 e. The number of hydrogen-bond donors (Lipinski definition) is 0. The van der Waals surface area contributed by atoms with Crippen molar-refractivity contribution < 1.29 is 19.1 Å². The van der Waals surface area contributed by atoms with Crippen molar-refractivity contribution in [2.24, 2.45) is 0 Å². The van der Waals surface area contributed by atoms with E-state index in [2.05, 4.69) is 12.1 Å². The van der Waals surface area contributed by atoms with Gasteiger partial charge < -0.3 is 19.3 Å². The van der Waals surface area contributed by atoms with E-state index >= 15 is 0 Å². The van der Waals surface area contributed by atoms with E-state index in [1.807, 2.05) is 59.2 Å². The first-order valence-corrected chi connectivity index (χ1v) is 11.5. The molecule has 0 N–H and O–H groups in total. The summed E-state index contributed by atoms with van der Waals surface area (Å²) < 4.78 is 11.4. The topological polar surface area (TPSA) is 59.1 Å². The predicted molar refractivity (Wildman–Crippen MR) is 125 cm³/mol. The highest BCUT2D eigenvalue weighted by Crippen LogP contribution is 2.23. The molecule has 0 saturated heterocycles. The molecule has 1 atom stereocenters. The standard InChI is InChI=1S/C26H34N2O4/c1-3-27-16-10-5-11-17-28(25(29)20-31-2)22(18-21-12-6-4-7-13-21)19-32-24-15-9-8-14-23(24)26(27)30/h4,6-9,12-15,22H,3,5,10-11,16-20H2,1-2H3/t22-/m0/s1. The van der Waals surface area contributed by atoms with Gasteiger partial charge in [-0.15, -0.1) is 0 Å². The molecule has 32 heavy (non-hydrogen) atoms. The highest BCUT2D eigenvalue weighted by molar-refractivity contribution is 5.96. The molecule has 0 aromatic heterocycles. The van der Waals surface area contributed by atoms with Crippen molar-refractivity contribution in [1.29, 1.82) is 0 Å². The van der Waals surface area contributed by atoms with Crippen LogP contribution in [0.15, 0.2) is 54.6 Å². The minimum Gasteiger partial charge on any atom is -0.491 e. The Kier molecular flexibility index (Phi) is 9.11. The molecular weight excluding hydrogens is 404 g/mol.